The highest BCUT2D eigenvalue weighted by Gasteiger charge is 2.17. The molecule has 3 aromatic carbocycles. The van der Waals surface area contributed by atoms with Gasteiger partial charge in [0.2, 0.25) is 5.52 Å². The summed E-state index contributed by atoms with van der Waals surface area (Å²) in [4.78, 5) is 13.0. The molecule has 1 amide bonds. The van der Waals surface area contributed by atoms with E-state index in [1.807, 2.05) is 73.1 Å². The monoisotopic (exact) mass is 787 g/mol. The molecule has 0 unspecified atom stereocenters. The van der Waals surface area contributed by atoms with Gasteiger partial charge in [-0.05, 0) is 68.4 Å². The number of nitrogens with two attached hydrogens (primary N) is 2. The quantitative estimate of drug-likeness (QED) is 0.0842. The number of carbonyl (C=O) groups excluding carboxylic acids is 1. The van der Waals surface area contributed by atoms with Gasteiger partial charge in [-0.3, -0.25) is 4.79 Å². The van der Waals surface area contributed by atoms with Gasteiger partial charge >= 0.3 is 0 Å². The molecule has 0 atom stereocenters. The number of fused-ring (bicyclic) bond motifs is 1. The van der Waals surface area contributed by atoms with Crippen LogP contribution in [0.4, 0.5) is 39.8 Å². The number of carbonyl (C=O) groups is 1. The average molecular weight is 787 g/mol. The number of amides is 1. The number of aromatic nitrogens is 2. The zero-order chi connectivity index (χ0) is 28.2. The number of nitrogens with one attached hydrogen (secondary N) is 3. The predicted octanol–water partition coefficient (Wildman–Crippen LogP) is -0.325. The minimum atomic E-state index is -0.269. The SMILES string of the molecule is CC[n+]1ccc(Nc2ccc(NC(=O)c3ccc(Nc4cc(C)[n+](CC)c5ccc(N)cc45)cc3N)cc2)cc1.[I-].[I-]. The Morgan fingerprint density at radius 2 is 1.38 bits per heavy atom. The first kappa shape index (κ1) is 32.9. The van der Waals surface area contributed by atoms with Crippen molar-refractivity contribution in [3.8, 4) is 0 Å². The number of pyridine rings is 2. The van der Waals surface area contributed by atoms with Crippen molar-refractivity contribution < 1.29 is 61.9 Å². The number of rotatable bonds is 8. The van der Waals surface area contributed by atoms with Crippen molar-refractivity contribution in [2.75, 3.05) is 27.4 Å². The molecule has 0 saturated heterocycles. The van der Waals surface area contributed by atoms with Gasteiger partial charge in [0.15, 0.2) is 18.1 Å². The van der Waals surface area contributed by atoms with Gasteiger partial charge < -0.3 is 75.4 Å². The summed E-state index contributed by atoms with van der Waals surface area (Å²) in [5.41, 5.74) is 20.5. The Morgan fingerprint density at radius 3 is 2.02 bits per heavy atom. The summed E-state index contributed by atoms with van der Waals surface area (Å²) in [7, 11) is 0. The molecule has 42 heavy (non-hydrogen) atoms. The van der Waals surface area contributed by atoms with Crippen LogP contribution in [0.3, 0.4) is 0 Å². The fourth-order valence-corrected chi connectivity index (χ4v) is 4.84. The summed E-state index contributed by atoms with van der Waals surface area (Å²) < 4.78 is 4.34. The van der Waals surface area contributed by atoms with Crippen LogP contribution in [-0.4, -0.2) is 5.91 Å². The lowest BCUT2D eigenvalue weighted by atomic mass is 10.1. The molecule has 5 rings (SSSR count). The second-order valence-electron chi connectivity index (χ2n) is 9.72. The molecule has 7 N–H and O–H groups in total. The first-order valence-corrected chi connectivity index (χ1v) is 13.4. The fourth-order valence-electron chi connectivity index (χ4n) is 4.84. The predicted molar refractivity (Wildman–Crippen MR) is 163 cm³/mol. The molecule has 0 aliphatic rings. The number of aryl methyl sites for hydroxylation is 3. The van der Waals surface area contributed by atoms with Crippen LogP contribution in [-0.2, 0) is 13.1 Å². The Bertz CT molecular complexity index is 1690. The topological polar surface area (TPSA) is 113 Å². The molecule has 2 aromatic heterocycles. The Labute approximate surface area is 280 Å². The second kappa shape index (κ2) is 14.5. The largest absolute Gasteiger partial charge is 1.00 e. The van der Waals surface area contributed by atoms with Crippen LogP contribution >= 0.6 is 0 Å². The average Bonchev–Trinajstić information content (AvgIpc) is 2.95. The van der Waals surface area contributed by atoms with Crippen molar-refractivity contribution in [3.63, 3.8) is 0 Å². The summed E-state index contributed by atoms with van der Waals surface area (Å²) in [5.74, 6) is -0.269. The lowest BCUT2D eigenvalue weighted by molar-refractivity contribution is -0.693. The van der Waals surface area contributed by atoms with Gasteiger partial charge in [0.25, 0.3) is 5.91 Å². The zero-order valence-electron chi connectivity index (χ0n) is 23.8. The van der Waals surface area contributed by atoms with Crippen molar-refractivity contribution >= 4 is 56.6 Å². The highest BCUT2D eigenvalue weighted by Crippen LogP contribution is 2.29. The van der Waals surface area contributed by atoms with Crippen molar-refractivity contribution in [2.45, 2.75) is 33.9 Å². The Kier molecular flexibility index (Phi) is 11.3. The molecule has 0 saturated carbocycles. The van der Waals surface area contributed by atoms with E-state index in [9.17, 15) is 4.79 Å². The van der Waals surface area contributed by atoms with Crippen molar-refractivity contribution in [2.24, 2.45) is 0 Å². The summed E-state index contributed by atoms with van der Waals surface area (Å²) in [5, 5.41) is 10.8. The second-order valence-corrected chi connectivity index (χ2v) is 9.72. The van der Waals surface area contributed by atoms with E-state index < -0.39 is 0 Å². The van der Waals surface area contributed by atoms with E-state index in [1.165, 1.54) is 0 Å². The molecular weight excluding hydrogens is 752 g/mol. The third-order valence-electron chi connectivity index (χ3n) is 6.96. The highest BCUT2D eigenvalue weighted by atomic mass is 127. The van der Waals surface area contributed by atoms with Crippen LogP contribution in [0.25, 0.3) is 10.9 Å². The van der Waals surface area contributed by atoms with Gasteiger partial charge in [-0.15, -0.1) is 0 Å². The van der Waals surface area contributed by atoms with Gasteiger partial charge in [-0.1, -0.05) is 0 Å². The number of nitrogens with zero attached hydrogens (tertiary/aromatic N) is 2. The highest BCUT2D eigenvalue weighted by molar-refractivity contribution is 6.08. The van der Waals surface area contributed by atoms with E-state index in [0.29, 0.717) is 22.6 Å². The van der Waals surface area contributed by atoms with Gasteiger partial charge in [0.1, 0.15) is 13.1 Å². The van der Waals surface area contributed by atoms with E-state index in [1.54, 1.807) is 12.1 Å². The number of hydrogen-bond acceptors (Lipinski definition) is 5. The minimum absolute atomic E-state index is 0. The van der Waals surface area contributed by atoms with Crippen LogP contribution in [0.1, 0.15) is 29.9 Å². The van der Waals surface area contributed by atoms with Crippen LogP contribution < -0.4 is 84.5 Å². The molecule has 0 radical (unpaired) electrons. The van der Waals surface area contributed by atoms with Crippen molar-refractivity contribution in [3.05, 3.63) is 103 Å². The smallest absolute Gasteiger partial charge is 0.257 e. The molecule has 10 heteroatoms. The first-order chi connectivity index (χ1) is 19.3. The lowest BCUT2D eigenvalue weighted by Crippen LogP contribution is -3.00. The summed E-state index contributed by atoms with van der Waals surface area (Å²) in [6, 6.07) is 25.0. The third-order valence-corrected chi connectivity index (χ3v) is 6.96. The molecule has 2 heterocycles. The molecule has 5 aromatic rings. The Hall–Kier alpha value is -3.65. The minimum Gasteiger partial charge on any atom is -1.00 e. The molecule has 0 fully saturated rings. The van der Waals surface area contributed by atoms with E-state index in [-0.39, 0.29) is 53.9 Å². The van der Waals surface area contributed by atoms with Crippen LogP contribution in [0.15, 0.2) is 91.3 Å². The molecule has 0 spiro atoms. The number of hydrogen-bond donors (Lipinski definition) is 5. The van der Waals surface area contributed by atoms with Crippen LogP contribution in [0.2, 0.25) is 0 Å². The molecule has 0 aliphatic heterocycles. The van der Waals surface area contributed by atoms with E-state index in [2.05, 4.69) is 51.9 Å². The first-order valence-electron chi connectivity index (χ1n) is 13.4. The molecule has 218 valence electrons. The van der Waals surface area contributed by atoms with Gasteiger partial charge in [-0.25, -0.2) is 4.57 Å². The summed E-state index contributed by atoms with van der Waals surface area (Å²) in [6.07, 6.45) is 4.06. The molecule has 8 nitrogen and oxygen atoms in total. The zero-order valence-corrected chi connectivity index (χ0v) is 28.1. The number of anilines is 7. The molecule has 0 bridgehead atoms. The molecular formula is C32H35I2N7O. The Balaban J connectivity index is 0.00000242. The van der Waals surface area contributed by atoms with Gasteiger partial charge in [-0.2, -0.15) is 4.57 Å². The number of halogens is 2. The third kappa shape index (κ3) is 7.40. The van der Waals surface area contributed by atoms with Crippen molar-refractivity contribution in [1.82, 2.24) is 0 Å². The van der Waals surface area contributed by atoms with Crippen LogP contribution in [0, 0.1) is 6.92 Å². The van der Waals surface area contributed by atoms with Crippen LogP contribution in [0.5, 0.6) is 0 Å². The van der Waals surface area contributed by atoms with E-state index in [4.69, 9.17) is 11.5 Å². The maximum Gasteiger partial charge on any atom is 0.257 e. The van der Waals surface area contributed by atoms with Gasteiger partial charge in [0, 0.05) is 59.6 Å². The number of nitrogen functional groups attached to an aromatic ring is 2. The fraction of sp³-hybridized carbons (Fsp3) is 0.156. The van der Waals surface area contributed by atoms with Crippen molar-refractivity contribution in [1.29, 1.82) is 0 Å². The molecule has 0 aliphatic carbocycles. The van der Waals surface area contributed by atoms with E-state index in [0.717, 1.165) is 52.4 Å². The summed E-state index contributed by atoms with van der Waals surface area (Å²) >= 11 is 0. The standard InChI is InChI=1S/C32H33N7O.2HI/c1-4-38-16-14-25(15-17-38)35-23-7-9-24(10-8-23)37-32(40)27-12-11-26(20-29(27)34)36-30-18-21(3)39(5-2)31-13-6-22(33)19-28(30)31;;/h6-20H,4-5,33H2,1-3H3,(H3,34,37,40);2*1H. The Morgan fingerprint density at radius 1 is 0.738 bits per heavy atom. The maximum atomic E-state index is 13.0. The maximum absolute atomic E-state index is 13.0. The number of benzene rings is 3. The van der Waals surface area contributed by atoms with E-state index >= 15 is 0 Å². The van der Waals surface area contributed by atoms with Gasteiger partial charge in [0.05, 0.1) is 22.3 Å². The normalized spacial score (nSPS) is 10.4. The summed E-state index contributed by atoms with van der Waals surface area (Å²) in [6.45, 7) is 8.09. The lowest BCUT2D eigenvalue weighted by Gasteiger charge is -2.14.